The molecule has 6 heteroatoms. The second kappa shape index (κ2) is 7.61. The normalized spacial score (nSPS) is 10.5. The molecule has 0 spiro atoms. The van der Waals surface area contributed by atoms with Crippen molar-refractivity contribution in [2.45, 2.75) is 19.9 Å². The number of hydrogen-bond donors (Lipinski definition) is 2. The Hall–Kier alpha value is -2.34. The van der Waals surface area contributed by atoms with Gasteiger partial charge < -0.3 is 15.3 Å². The van der Waals surface area contributed by atoms with E-state index < -0.39 is 0 Å². The molecule has 2 N–H and O–H groups in total. The molecule has 0 aliphatic carbocycles. The molecule has 1 amide bonds. The SMILES string of the molecule is Cc1cnn(CCC(=O)Nc2ccc(N(C)CCO)cc2)c1. The molecule has 0 unspecified atom stereocenters. The number of carbonyl (C=O) groups excluding carboxylic acids is 1. The van der Waals surface area contributed by atoms with Crippen LogP contribution in [0.3, 0.4) is 0 Å². The number of likely N-dealkylation sites (N-methyl/N-ethyl adjacent to an activating group) is 1. The van der Waals surface area contributed by atoms with E-state index in [9.17, 15) is 4.79 Å². The lowest BCUT2D eigenvalue weighted by atomic mass is 10.2. The van der Waals surface area contributed by atoms with Crippen LogP contribution in [0.25, 0.3) is 0 Å². The van der Waals surface area contributed by atoms with Gasteiger partial charge in [-0.3, -0.25) is 9.48 Å². The molecule has 0 bridgehead atoms. The van der Waals surface area contributed by atoms with Crippen LogP contribution in [0.2, 0.25) is 0 Å². The first-order chi connectivity index (χ1) is 10.6. The topological polar surface area (TPSA) is 70.4 Å². The lowest BCUT2D eigenvalue weighted by Crippen LogP contribution is -2.21. The van der Waals surface area contributed by atoms with Crippen molar-refractivity contribution in [1.82, 2.24) is 9.78 Å². The minimum absolute atomic E-state index is 0.0374. The number of aliphatic hydroxyl groups excluding tert-OH is 1. The fourth-order valence-electron chi connectivity index (χ4n) is 2.11. The van der Waals surface area contributed by atoms with Crippen LogP contribution >= 0.6 is 0 Å². The zero-order valence-corrected chi connectivity index (χ0v) is 13.0. The molecule has 0 atom stereocenters. The number of nitrogens with zero attached hydrogens (tertiary/aromatic N) is 3. The molecule has 0 aliphatic heterocycles. The van der Waals surface area contributed by atoms with Crippen LogP contribution in [-0.2, 0) is 11.3 Å². The Morgan fingerprint density at radius 3 is 2.68 bits per heavy atom. The van der Waals surface area contributed by atoms with E-state index in [2.05, 4.69) is 10.4 Å². The molecule has 2 aromatic rings. The molecule has 1 aromatic heterocycles. The Kier molecular flexibility index (Phi) is 5.55. The fraction of sp³-hybridized carbons (Fsp3) is 0.375. The predicted octanol–water partition coefficient (Wildman–Crippen LogP) is 1.65. The Balaban J connectivity index is 1.83. The van der Waals surface area contributed by atoms with Crippen molar-refractivity contribution in [3.05, 3.63) is 42.2 Å². The van der Waals surface area contributed by atoms with E-state index in [0.717, 1.165) is 16.9 Å². The molecule has 1 aromatic carbocycles. The van der Waals surface area contributed by atoms with Crippen LogP contribution in [0.15, 0.2) is 36.7 Å². The third-order valence-corrected chi connectivity index (χ3v) is 3.36. The number of carbonyl (C=O) groups is 1. The fourth-order valence-corrected chi connectivity index (χ4v) is 2.11. The van der Waals surface area contributed by atoms with Gasteiger partial charge in [0.05, 0.1) is 12.8 Å². The van der Waals surface area contributed by atoms with Gasteiger partial charge in [-0.2, -0.15) is 5.10 Å². The van der Waals surface area contributed by atoms with Gasteiger partial charge >= 0.3 is 0 Å². The van der Waals surface area contributed by atoms with Crippen molar-refractivity contribution in [1.29, 1.82) is 0 Å². The van der Waals surface area contributed by atoms with Crippen molar-refractivity contribution in [3.63, 3.8) is 0 Å². The summed E-state index contributed by atoms with van der Waals surface area (Å²) in [4.78, 5) is 13.9. The van der Waals surface area contributed by atoms with Crippen molar-refractivity contribution in [2.24, 2.45) is 0 Å². The number of aliphatic hydroxyl groups is 1. The molecule has 22 heavy (non-hydrogen) atoms. The number of aryl methyl sites for hydroxylation is 2. The molecular weight excluding hydrogens is 280 g/mol. The highest BCUT2D eigenvalue weighted by atomic mass is 16.3. The summed E-state index contributed by atoms with van der Waals surface area (Å²) in [5, 5.41) is 15.9. The van der Waals surface area contributed by atoms with E-state index in [-0.39, 0.29) is 12.5 Å². The lowest BCUT2D eigenvalue weighted by Gasteiger charge is -2.18. The van der Waals surface area contributed by atoms with E-state index in [1.807, 2.05) is 49.3 Å². The quantitative estimate of drug-likeness (QED) is 0.816. The van der Waals surface area contributed by atoms with Crippen LogP contribution in [0, 0.1) is 6.92 Å². The van der Waals surface area contributed by atoms with Crippen molar-refractivity contribution in [3.8, 4) is 0 Å². The van der Waals surface area contributed by atoms with E-state index in [4.69, 9.17) is 5.11 Å². The number of rotatable bonds is 7. The number of anilines is 2. The third kappa shape index (κ3) is 4.60. The lowest BCUT2D eigenvalue weighted by molar-refractivity contribution is -0.116. The average Bonchev–Trinajstić information content (AvgIpc) is 2.92. The molecule has 0 saturated carbocycles. The average molecular weight is 302 g/mol. The number of nitrogens with one attached hydrogen (secondary N) is 1. The predicted molar refractivity (Wildman–Crippen MR) is 87.0 cm³/mol. The van der Waals surface area contributed by atoms with Gasteiger partial charge in [0.1, 0.15) is 0 Å². The summed E-state index contributed by atoms with van der Waals surface area (Å²) < 4.78 is 1.77. The largest absolute Gasteiger partial charge is 0.395 e. The van der Waals surface area contributed by atoms with Gasteiger partial charge in [-0.05, 0) is 36.8 Å². The monoisotopic (exact) mass is 302 g/mol. The number of hydrogen-bond acceptors (Lipinski definition) is 4. The van der Waals surface area contributed by atoms with E-state index in [0.29, 0.717) is 19.5 Å². The maximum absolute atomic E-state index is 11.9. The van der Waals surface area contributed by atoms with Gasteiger partial charge in [-0.25, -0.2) is 0 Å². The second-order valence-corrected chi connectivity index (χ2v) is 5.27. The molecule has 0 radical (unpaired) electrons. The molecule has 0 saturated heterocycles. The smallest absolute Gasteiger partial charge is 0.226 e. The summed E-state index contributed by atoms with van der Waals surface area (Å²) in [5.74, 6) is -0.0374. The summed E-state index contributed by atoms with van der Waals surface area (Å²) in [6.45, 7) is 3.23. The van der Waals surface area contributed by atoms with E-state index in [1.165, 1.54) is 0 Å². The highest BCUT2D eigenvalue weighted by molar-refractivity contribution is 5.90. The maximum Gasteiger partial charge on any atom is 0.226 e. The first kappa shape index (κ1) is 16.0. The van der Waals surface area contributed by atoms with Gasteiger partial charge in [0.2, 0.25) is 5.91 Å². The number of benzene rings is 1. The zero-order valence-electron chi connectivity index (χ0n) is 13.0. The zero-order chi connectivity index (χ0) is 15.9. The van der Waals surface area contributed by atoms with Crippen LogP contribution < -0.4 is 10.2 Å². The van der Waals surface area contributed by atoms with E-state index >= 15 is 0 Å². The van der Waals surface area contributed by atoms with Crippen molar-refractivity contribution >= 4 is 17.3 Å². The van der Waals surface area contributed by atoms with Gasteiger partial charge in [0, 0.05) is 44.1 Å². The molecule has 0 aliphatic rings. The van der Waals surface area contributed by atoms with Crippen LogP contribution in [0.1, 0.15) is 12.0 Å². The summed E-state index contributed by atoms with van der Waals surface area (Å²) in [6.07, 6.45) is 4.08. The van der Waals surface area contributed by atoms with Crippen LogP contribution in [0.4, 0.5) is 11.4 Å². The number of aromatic nitrogens is 2. The molecule has 1 heterocycles. The van der Waals surface area contributed by atoms with Gasteiger partial charge in [0.25, 0.3) is 0 Å². The number of amides is 1. The Labute approximate surface area is 130 Å². The summed E-state index contributed by atoms with van der Waals surface area (Å²) >= 11 is 0. The summed E-state index contributed by atoms with van der Waals surface area (Å²) in [7, 11) is 1.91. The highest BCUT2D eigenvalue weighted by Crippen LogP contribution is 2.16. The Morgan fingerprint density at radius 2 is 2.09 bits per heavy atom. The first-order valence-electron chi connectivity index (χ1n) is 7.29. The van der Waals surface area contributed by atoms with Crippen molar-refractivity contribution in [2.75, 3.05) is 30.4 Å². The Bertz CT molecular complexity index is 607. The summed E-state index contributed by atoms with van der Waals surface area (Å²) in [6, 6.07) is 7.56. The summed E-state index contributed by atoms with van der Waals surface area (Å²) in [5.41, 5.74) is 2.85. The van der Waals surface area contributed by atoms with Crippen LogP contribution in [-0.4, -0.2) is 41.0 Å². The second-order valence-electron chi connectivity index (χ2n) is 5.27. The first-order valence-corrected chi connectivity index (χ1v) is 7.29. The Morgan fingerprint density at radius 1 is 1.36 bits per heavy atom. The molecule has 2 rings (SSSR count). The minimum atomic E-state index is -0.0374. The van der Waals surface area contributed by atoms with E-state index in [1.54, 1.807) is 10.9 Å². The van der Waals surface area contributed by atoms with Gasteiger partial charge in [-0.15, -0.1) is 0 Å². The molecule has 118 valence electrons. The van der Waals surface area contributed by atoms with Crippen molar-refractivity contribution < 1.29 is 9.90 Å². The van der Waals surface area contributed by atoms with Gasteiger partial charge in [-0.1, -0.05) is 0 Å². The molecule has 0 fully saturated rings. The molecule has 6 nitrogen and oxygen atoms in total. The van der Waals surface area contributed by atoms with Gasteiger partial charge in [0.15, 0.2) is 0 Å². The maximum atomic E-state index is 11.9. The highest BCUT2D eigenvalue weighted by Gasteiger charge is 2.05. The molecular formula is C16H22N4O2. The van der Waals surface area contributed by atoms with Crippen LogP contribution in [0.5, 0.6) is 0 Å². The third-order valence-electron chi connectivity index (χ3n) is 3.36. The standard InChI is InChI=1S/C16H22N4O2/c1-13-11-17-20(12-13)8-7-16(22)18-14-3-5-15(6-4-14)19(2)9-10-21/h3-6,11-12,21H,7-10H2,1-2H3,(H,18,22). The minimum Gasteiger partial charge on any atom is -0.395 e.